The molecule has 0 saturated carbocycles. The second-order valence-corrected chi connectivity index (χ2v) is 5.26. The lowest BCUT2D eigenvalue weighted by atomic mass is 10.1. The number of hydrogen-bond acceptors (Lipinski definition) is 5. The summed E-state index contributed by atoms with van der Waals surface area (Å²) in [7, 11) is 1.33. The molecular formula is C19H15NO4. The first-order valence-corrected chi connectivity index (χ1v) is 7.35. The zero-order valence-electron chi connectivity index (χ0n) is 13.3. The molecule has 2 aromatic carbocycles. The van der Waals surface area contributed by atoms with Gasteiger partial charge in [0, 0.05) is 5.56 Å². The molecule has 1 heterocycles. The van der Waals surface area contributed by atoms with Gasteiger partial charge in [-0.1, -0.05) is 30.3 Å². The maximum Gasteiger partial charge on any atom is 0.363 e. The van der Waals surface area contributed by atoms with Crippen molar-refractivity contribution in [3.8, 4) is 0 Å². The quantitative estimate of drug-likeness (QED) is 0.643. The molecule has 0 saturated heterocycles. The molecule has 0 N–H and O–H groups in total. The zero-order chi connectivity index (χ0) is 17.1. The molecule has 0 spiro atoms. The van der Waals surface area contributed by atoms with Crippen molar-refractivity contribution in [3.63, 3.8) is 0 Å². The molecule has 5 heteroatoms. The first kappa shape index (κ1) is 15.7. The molecule has 1 aliphatic heterocycles. The second-order valence-electron chi connectivity index (χ2n) is 5.26. The number of nitrogens with zero attached hydrogens (tertiary/aromatic N) is 1. The van der Waals surface area contributed by atoms with Crippen molar-refractivity contribution in [2.24, 2.45) is 4.99 Å². The Morgan fingerprint density at radius 1 is 1.12 bits per heavy atom. The number of benzene rings is 2. The van der Waals surface area contributed by atoms with Crippen molar-refractivity contribution in [1.29, 1.82) is 0 Å². The summed E-state index contributed by atoms with van der Waals surface area (Å²) in [5, 5.41) is 0. The van der Waals surface area contributed by atoms with Crippen molar-refractivity contribution < 1.29 is 19.1 Å². The van der Waals surface area contributed by atoms with Crippen LogP contribution in [0.3, 0.4) is 0 Å². The highest BCUT2D eigenvalue weighted by Gasteiger charge is 2.24. The SMILES string of the molecule is COC(=O)c1ccc(/C=C2\N=C(c3ccccc3C)OC2=O)cc1. The van der Waals surface area contributed by atoms with Crippen molar-refractivity contribution in [3.05, 3.63) is 76.5 Å². The van der Waals surface area contributed by atoms with Crippen LogP contribution in [0.2, 0.25) is 0 Å². The number of ether oxygens (including phenoxy) is 2. The summed E-state index contributed by atoms with van der Waals surface area (Å²) >= 11 is 0. The summed E-state index contributed by atoms with van der Waals surface area (Å²) in [5.74, 6) is -0.602. The minimum atomic E-state index is -0.495. The predicted molar refractivity (Wildman–Crippen MR) is 89.6 cm³/mol. The van der Waals surface area contributed by atoms with E-state index in [4.69, 9.17) is 4.74 Å². The van der Waals surface area contributed by atoms with E-state index < -0.39 is 11.9 Å². The van der Waals surface area contributed by atoms with Crippen LogP contribution in [0.25, 0.3) is 6.08 Å². The minimum Gasteiger partial charge on any atom is -0.465 e. The van der Waals surface area contributed by atoms with Gasteiger partial charge < -0.3 is 9.47 Å². The van der Waals surface area contributed by atoms with E-state index in [1.165, 1.54) is 7.11 Å². The van der Waals surface area contributed by atoms with E-state index >= 15 is 0 Å². The largest absolute Gasteiger partial charge is 0.465 e. The normalized spacial score (nSPS) is 15.2. The average Bonchev–Trinajstić information content (AvgIpc) is 2.95. The van der Waals surface area contributed by atoms with Crippen molar-refractivity contribution >= 4 is 23.9 Å². The van der Waals surface area contributed by atoms with Crippen LogP contribution in [0.1, 0.15) is 27.0 Å². The lowest BCUT2D eigenvalue weighted by Gasteiger charge is -2.02. The van der Waals surface area contributed by atoms with Crippen molar-refractivity contribution in [1.82, 2.24) is 0 Å². The number of aryl methyl sites for hydroxylation is 1. The Hall–Kier alpha value is -3.21. The monoisotopic (exact) mass is 321 g/mol. The molecule has 0 aromatic heterocycles. The van der Waals surface area contributed by atoms with Crippen LogP contribution in [0.4, 0.5) is 0 Å². The van der Waals surface area contributed by atoms with Crippen LogP contribution < -0.4 is 0 Å². The zero-order valence-corrected chi connectivity index (χ0v) is 13.3. The molecule has 1 aliphatic rings. The summed E-state index contributed by atoms with van der Waals surface area (Å²) in [6, 6.07) is 14.3. The van der Waals surface area contributed by atoms with Gasteiger partial charge >= 0.3 is 11.9 Å². The van der Waals surface area contributed by atoms with Crippen LogP contribution >= 0.6 is 0 Å². The smallest absolute Gasteiger partial charge is 0.363 e. The standard InChI is InChI=1S/C19H15NO4/c1-12-5-3-4-6-15(12)17-20-16(19(22)24-17)11-13-7-9-14(10-8-13)18(21)23-2/h3-11H,1-2H3/b16-11-. The number of aliphatic imine (C=N–C) groups is 1. The van der Waals surface area contributed by atoms with Crippen molar-refractivity contribution in [2.75, 3.05) is 7.11 Å². The highest BCUT2D eigenvalue weighted by Crippen LogP contribution is 2.21. The lowest BCUT2D eigenvalue weighted by molar-refractivity contribution is -0.129. The number of methoxy groups -OCH3 is 1. The van der Waals surface area contributed by atoms with Gasteiger partial charge in [0.15, 0.2) is 5.70 Å². The molecule has 0 amide bonds. The molecule has 0 atom stereocenters. The van der Waals surface area contributed by atoms with E-state index in [0.717, 1.165) is 16.7 Å². The molecular weight excluding hydrogens is 306 g/mol. The molecule has 24 heavy (non-hydrogen) atoms. The Morgan fingerprint density at radius 3 is 2.50 bits per heavy atom. The van der Waals surface area contributed by atoms with Gasteiger partial charge in [-0.05, 0) is 42.3 Å². The maximum absolute atomic E-state index is 12.0. The van der Waals surface area contributed by atoms with Crippen molar-refractivity contribution in [2.45, 2.75) is 6.92 Å². The number of cyclic esters (lactones) is 1. The molecule has 3 rings (SSSR count). The van der Waals surface area contributed by atoms with Gasteiger partial charge in [-0.2, -0.15) is 0 Å². The first-order valence-electron chi connectivity index (χ1n) is 7.35. The van der Waals surface area contributed by atoms with Crippen LogP contribution in [-0.2, 0) is 14.3 Å². The van der Waals surface area contributed by atoms with E-state index in [-0.39, 0.29) is 5.70 Å². The van der Waals surface area contributed by atoms with Gasteiger partial charge in [0.25, 0.3) is 0 Å². The Balaban J connectivity index is 1.89. The maximum atomic E-state index is 12.0. The number of carbonyl (C=O) groups is 2. The molecule has 0 fully saturated rings. The van der Waals surface area contributed by atoms with Gasteiger partial charge in [0.05, 0.1) is 12.7 Å². The summed E-state index contributed by atoms with van der Waals surface area (Å²) in [4.78, 5) is 27.7. The fourth-order valence-electron chi connectivity index (χ4n) is 2.33. The summed E-state index contributed by atoms with van der Waals surface area (Å²) in [6.07, 6.45) is 1.62. The summed E-state index contributed by atoms with van der Waals surface area (Å²) in [6.45, 7) is 1.93. The number of hydrogen-bond donors (Lipinski definition) is 0. The molecule has 5 nitrogen and oxygen atoms in total. The Bertz CT molecular complexity index is 863. The fourth-order valence-corrected chi connectivity index (χ4v) is 2.33. The molecule has 0 radical (unpaired) electrons. The lowest BCUT2D eigenvalue weighted by Crippen LogP contribution is -2.06. The summed E-state index contributed by atoms with van der Waals surface area (Å²) < 4.78 is 9.91. The number of rotatable bonds is 3. The average molecular weight is 321 g/mol. The molecule has 0 aliphatic carbocycles. The topological polar surface area (TPSA) is 65.0 Å². The number of esters is 2. The van der Waals surface area contributed by atoms with Gasteiger partial charge in [-0.25, -0.2) is 14.6 Å². The van der Waals surface area contributed by atoms with Crippen LogP contribution in [0, 0.1) is 6.92 Å². The molecule has 0 unspecified atom stereocenters. The van der Waals surface area contributed by atoms with Gasteiger partial charge in [-0.3, -0.25) is 0 Å². The third kappa shape index (κ3) is 3.10. The summed E-state index contributed by atoms with van der Waals surface area (Å²) in [5.41, 5.74) is 3.17. The highest BCUT2D eigenvalue weighted by atomic mass is 16.6. The molecule has 0 bridgehead atoms. The fraction of sp³-hybridized carbons (Fsp3) is 0.105. The van der Waals surface area contributed by atoms with E-state index in [1.54, 1.807) is 30.3 Å². The van der Waals surface area contributed by atoms with E-state index in [0.29, 0.717) is 11.5 Å². The number of carbonyl (C=O) groups excluding carboxylic acids is 2. The van der Waals surface area contributed by atoms with E-state index in [9.17, 15) is 9.59 Å². The third-order valence-corrected chi connectivity index (χ3v) is 3.63. The Kier molecular flexibility index (Phi) is 4.24. The Morgan fingerprint density at radius 2 is 1.83 bits per heavy atom. The Labute approximate surface area is 139 Å². The third-order valence-electron chi connectivity index (χ3n) is 3.63. The van der Waals surface area contributed by atoms with Crippen LogP contribution in [0.5, 0.6) is 0 Å². The van der Waals surface area contributed by atoms with Crippen LogP contribution in [0.15, 0.2) is 59.2 Å². The van der Waals surface area contributed by atoms with E-state index in [2.05, 4.69) is 9.73 Å². The van der Waals surface area contributed by atoms with Gasteiger partial charge in [0.2, 0.25) is 5.90 Å². The first-order chi connectivity index (χ1) is 11.6. The van der Waals surface area contributed by atoms with Gasteiger partial charge in [-0.15, -0.1) is 0 Å². The molecule has 2 aromatic rings. The van der Waals surface area contributed by atoms with Crippen LogP contribution in [-0.4, -0.2) is 24.9 Å². The minimum absolute atomic E-state index is 0.221. The van der Waals surface area contributed by atoms with E-state index in [1.807, 2.05) is 31.2 Å². The highest BCUT2D eigenvalue weighted by molar-refractivity contribution is 6.13. The van der Waals surface area contributed by atoms with Gasteiger partial charge in [0.1, 0.15) is 0 Å². The molecule has 120 valence electrons. The second kappa shape index (κ2) is 6.50. The predicted octanol–water partition coefficient (Wildman–Crippen LogP) is 3.13.